The van der Waals surface area contributed by atoms with Crippen molar-refractivity contribution in [2.24, 2.45) is 0 Å². The minimum atomic E-state index is 0.882. The molecule has 0 atom stereocenters. The fraction of sp³-hybridized carbons (Fsp3) is 0.143. The highest BCUT2D eigenvalue weighted by atomic mass is 16.5. The van der Waals surface area contributed by atoms with Crippen molar-refractivity contribution >= 4 is 0 Å². The quantitative estimate of drug-likeness (QED) is 0.656. The van der Waals surface area contributed by atoms with Crippen molar-refractivity contribution in [2.75, 3.05) is 0 Å². The molecule has 0 bridgehead atoms. The highest BCUT2D eigenvalue weighted by Crippen LogP contribution is 2.19. The van der Waals surface area contributed by atoms with Crippen molar-refractivity contribution in [3.8, 4) is 5.75 Å². The molecule has 0 spiro atoms. The lowest BCUT2D eigenvalue weighted by molar-refractivity contribution is 0.475. The summed E-state index contributed by atoms with van der Waals surface area (Å²) in [6.07, 6.45) is 9.10. The molecule has 0 N–H and O–H groups in total. The predicted molar refractivity (Wildman–Crippen MR) is 62.7 cm³/mol. The van der Waals surface area contributed by atoms with Crippen molar-refractivity contribution in [1.82, 2.24) is 0 Å². The van der Waals surface area contributed by atoms with Crippen LogP contribution in [0, 0.1) is 0 Å². The average Bonchev–Trinajstić information content (AvgIpc) is 2.29. The summed E-state index contributed by atoms with van der Waals surface area (Å²) in [4.78, 5) is 0. The number of hydrogen-bond acceptors (Lipinski definition) is 1. The van der Waals surface area contributed by atoms with E-state index in [9.17, 15) is 0 Å². The molecule has 76 valence electrons. The molecule has 1 aromatic carbocycles. The second kappa shape index (κ2) is 4.65. The van der Waals surface area contributed by atoms with Gasteiger partial charge in [0.2, 0.25) is 0 Å². The lowest BCUT2D eigenvalue weighted by Gasteiger charge is -2.09. The van der Waals surface area contributed by atoms with Crippen LogP contribution in [0.1, 0.15) is 13.3 Å². The Kier molecular flexibility index (Phi) is 3.03. The summed E-state index contributed by atoms with van der Waals surface area (Å²) in [6, 6.07) is 9.83. The zero-order chi connectivity index (χ0) is 10.5. The molecule has 1 aliphatic carbocycles. The van der Waals surface area contributed by atoms with Crippen LogP contribution >= 0.6 is 0 Å². The molecule has 1 aliphatic rings. The normalized spacial score (nSPS) is 17.7. The topological polar surface area (TPSA) is 9.23 Å². The number of benzene rings is 1. The van der Waals surface area contributed by atoms with Crippen LogP contribution in [0.5, 0.6) is 5.75 Å². The van der Waals surface area contributed by atoms with E-state index in [-0.39, 0.29) is 0 Å². The van der Waals surface area contributed by atoms with Gasteiger partial charge in [0, 0.05) is 0 Å². The van der Waals surface area contributed by atoms with Gasteiger partial charge in [-0.1, -0.05) is 36.4 Å². The Labute approximate surface area is 90.4 Å². The van der Waals surface area contributed by atoms with E-state index in [1.165, 1.54) is 11.1 Å². The highest BCUT2D eigenvalue weighted by Gasteiger charge is 2.01. The first kappa shape index (κ1) is 9.78. The van der Waals surface area contributed by atoms with Crippen LogP contribution < -0.4 is 4.74 Å². The molecule has 15 heavy (non-hydrogen) atoms. The van der Waals surface area contributed by atoms with Crippen LogP contribution in [0.25, 0.3) is 0 Å². The summed E-state index contributed by atoms with van der Waals surface area (Å²) < 4.78 is 5.58. The monoisotopic (exact) mass is 198 g/mol. The summed E-state index contributed by atoms with van der Waals surface area (Å²) in [5, 5.41) is 0. The van der Waals surface area contributed by atoms with Gasteiger partial charge in [-0.15, -0.1) is 0 Å². The molecule has 1 nitrogen and oxygen atoms in total. The van der Waals surface area contributed by atoms with Crippen molar-refractivity contribution in [3.05, 3.63) is 66.0 Å². The average molecular weight is 198 g/mol. The summed E-state index contributed by atoms with van der Waals surface area (Å²) in [5.74, 6) is 0.882. The van der Waals surface area contributed by atoms with Gasteiger partial charge in [-0.05, 0) is 36.6 Å². The van der Waals surface area contributed by atoms with Gasteiger partial charge < -0.3 is 4.74 Å². The van der Waals surface area contributed by atoms with Gasteiger partial charge in [-0.25, -0.2) is 0 Å². The molecule has 0 amide bonds. The maximum Gasteiger partial charge on any atom is 0.126 e. The van der Waals surface area contributed by atoms with Gasteiger partial charge in [0.05, 0.1) is 6.26 Å². The SMILES string of the molecule is CC1=CC=CCC1=COc1ccccc1. The molecule has 0 saturated carbocycles. The summed E-state index contributed by atoms with van der Waals surface area (Å²) in [6.45, 7) is 2.10. The lowest BCUT2D eigenvalue weighted by Crippen LogP contribution is -1.92. The van der Waals surface area contributed by atoms with Crippen LogP contribution in [-0.4, -0.2) is 0 Å². The van der Waals surface area contributed by atoms with E-state index in [1.54, 1.807) is 0 Å². The second-order valence-corrected chi connectivity index (χ2v) is 3.56. The van der Waals surface area contributed by atoms with Crippen LogP contribution in [0.4, 0.5) is 0 Å². The Morgan fingerprint density at radius 1 is 1.20 bits per heavy atom. The zero-order valence-electron chi connectivity index (χ0n) is 8.81. The minimum absolute atomic E-state index is 0.882. The van der Waals surface area contributed by atoms with Crippen molar-refractivity contribution in [2.45, 2.75) is 13.3 Å². The maximum absolute atomic E-state index is 5.58. The van der Waals surface area contributed by atoms with Gasteiger partial charge in [-0.3, -0.25) is 0 Å². The van der Waals surface area contributed by atoms with E-state index in [0.29, 0.717) is 0 Å². The molecular weight excluding hydrogens is 184 g/mol. The third kappa shape index (κ3) is 2.59. The lowest BCUT2D eigenvalue weighted by atomic mass is 10.0. The fourth-order valence-electron chi connectivity index (χ4n) is 1.45. The molecule has 2 rings (SSSR count). The van der Waals surface area contributed by atoms with Gasteiger partial charge in [0.25, 0.3) is 0 Å². The molecule has 0 aliphatic heterocycles. The first-order valence-electron chi connectivity index (χ1n) is 5.11. The summed E-state index contributed by atoms with van der Waals surface area (Å²) in [7, 11) is 0. The van der Waals surface area contributed by atoms with E-state index in [0.717, 1.165) is 12.2 Å². The van der Waals surface area contributed by atoms with Crippen LogP contribution in [-0.2, 0) is 0 Å². The molecule has 1 aromatic rings. The van der Waals surface area contributed by atoms with E-state index < -0.39 is 0 Å². The Bertz CT molecular complexity index is 410. The molecule has 0 aromatic heterocycles. The van der Waals surface area contributed by atoms with Crippen molar-refractivity contribution < 1.29 is 4.74 Å². The molecule has 0 fully saturated rings. The molecule has 0 saturated heterocycles. The Morgan fingerprint density at radius 3 is 2.73 bits per heavy atom. The van der Waals surface area contributed by atoms with Gasteiger partial charge in [0.15, 0.2) is 0 Å². The third-order valence-corrected chi connectivity index (χ3v) is 2.41. The summed E-state index contributed by atoms with van der Waals surface area (Å²) >= 11 is 0. The number of allylic oxidation sites excluding steroid dienone is 5. The standard InChI is InChI=1S/C14H14O/c1-12-7-5-6-8-13(12)11-15-14-9-3-2-4-10-14/h2-7,9-11H,8H2,1H3. The number of ether oxygens (including phenoxy) is 1. The van der Waals surface area contributed by atoms with E-state index >= 15 is 0 Å². The first-order valence-corrected chi connectivity index (χ1v) is 5.11. The Morgan fingerprint density at radius 2 is 2.00 bits per heavy atom. The first-order chi connectivity index (χ1) is 7.36. The van der Waals surface area contributed by atoms with Crippen LogP contribution in [0.3, 0.4) is 0 Å². The highest BCUT2D eigenvalue weighted by molar-refractivity contribution is 5.37. The van der Waals surface area contributed by atoms with Crippen molar-refractivity contribution in [1.29, 1.82) is 0 Å². The van der Waals surface area contributed by atoms with E-state index in [2.05, 4.69) is 25.2 Å². The minimum Gasteiger partial charge on any atom is -0.465 e. The zero-order valence-corrected chi connectivity index (χ0v) is 8.81. The van der Waals surface area contributed by atoms with E-state index in [4.69, 9.17) is 4.74 Å². The smallest absolute Gasteiger partial charge is 0.126 e. The molecule has 0 radical (unpaired) electrons. The van der Waals surface area contributed by atoms with Gasteiger partial charge >= 0.3 is 0 Å². The largest absolute Gasteiger partial charge is 0.465 e. The Hall–Kier alpha value is -1.76. The molecule has 0 unspecified atom stereocenters. The number of para-hydroxylation sites is 1. The molecular formula is C14H14O. The number of rotatable bonds is 2. The van der Waals surface area contributed by atoms with Gasteiger partial charge in [0.1, 0.15) is 5.75 Å². The third-order valence-electron chi connectivity index (χ3n) is 2.41. The van der Waals surface area contributed by atoms with Crippen LogP contribution in [0.15, 0.2) is 66.0 Å². The molecule has 1 heteroatoms. The maximum atomic E-state index is 5.58. The van der Waals surface area contributed by atoms with Crippen LogP contribution in [0.2, 0.25) is 0 Å². The fourth-order valence-corrected chi connectivity index (χ4v) is 1.45. The summed E-state index contributed by atoms with van der Waals surface area (Å²) in [5.41, 5.74) is 2.51. The van der Waals surface area contributed by atoms with E-state index in [1.807, 2.05) is 36.6 Å². The van der Waals surface area contributed by atoms with Crippen molar-refractivity contribution in [3.63, 3.8) is 0 Å². The second-order valence-electron chi connectivity index (χ2n) is 3.56. The number of hydrogen-bond donors (Lipinski definition) is 0. The Balaban J connectivity index is 2.06. The molecule has 0 heterocycles. The predicted octanol–water partition coefficient (Wildman–Crippen LogP) is 3.86. The van der Waals surface area contributed by atoms with Gasteiger partial charge in [-0.2, -0.15) is 0 Å².